The molecule has 0 aromatic heterocycles. The van der Waals surface area contributed by atoms with Crippen LogP contribution in [0, 0.1) is 0 Å². The van der Waals surface area contributed by atoms with E-state index < -0.39 is 5.60 Å². The second kappa shape index (κ2) is 6.15. The summed E-state index contributed by atoms with van der Waals surface area (Å²) in [6.07, 6.45) is 7.72. The summed E-state index contributed by atoms with van der Waals surface area (Å²) in [5, 5.41) is 9.95. The molecule has 1 saturated carbocycles. The second-order valence-corrected chi connectivity index (χ2v) is 8.01. The van der Waals surface area contributed by atoms with Crippen molar-refractivity contribution in [3.8, 4) is 0 Å². The monoisotopic (exact) mass is 296 g/mol. The minimum atomic E-state index is -0.575. The fraction of sp³-hybridized carbons (Fsp3) is 1.00. The molecule has 0 aromatic carbocycles. The number of ether oxygens (including phenoxy) is 1. The van der Waals surface area contributed by atoms with Gasteiger partial charge < -0.3 is 9.84 Å². The van der Waals surface area contributed by atoms with E-state index in [1.807, 2.05) is 13.8 Å². The van der Waals surface area contributed by atoms with Crippen molar-refractivity contribution in [2.24, 2.45) is 0 Å². The first kappa shape index (κ1) is 15.7. The van der Waals surface area contributed by atoms with Crippen molar-refractivity contribution in [3.63, 3.8) is 0 Å². The molecular formula is C17H32N2O2. The number of β-amino-alcohol motifs (C(OH)–C–C–N with tert-alkyl or cyclic N) is 1. The molecule has 4 heteroatoms. The summed E-state index contributed by atoms with van der Waals surface area (Å²) in [4.78, 5) is 5.09. The Morgan fingerprint density at radius 1 is 1.14 bits per heavy atom. The lowest BCUT2D eigenvalue weighted by atomic mass is 9.88. The highest BCUT2D eigenvalue weighted by molar-refractivity contribution is 4.95. The average Bonchev–Trinajstić information content (AvgIpc) is 2.86. The zero-order valence-corrected chi connectivity index (χ0v) is 13.8. The molecule has 122 valence electrons. The van der Waals surface area contributed by atoms with Crippen LogP contribution in [-0.2, 0) is 4.74 Å². The summed E-state index contributed by atoms with van der Waals surface area (Å²) < 4.78 is 6.16. The molecule has 3 rings (SSSR count). The Kier molecular flexibility index (Phi) is 4.60. The summed E-state index contributed by atoms with van der Waals surface area (Å²) in [5.41, 5.74) is -0.345. The van der Waals surface area contributed by atoms with E-state index in [4.69, 9.17) is 4.74 Å². The van der Waals surface area contributed by atoms with Gasteiger partial charge in [0.15, 0.2) is 0 Å². The Labute approximate surface area is 129 Å². The molecule has 2 aliphatic heterocycles. The van der Waals surface area contributed by atoms with E-state index in [1.165, 1.54) is 38.5 Å². The molecule has 1 aliphatic carbocycles. The molecule has 0 aromatic rings. The van der Waals surface area contributed by atoms with Crippen LogP contribution >= 0.6 is 0 Å². The highest BCUT2D eigenvalue weighted by Gasteiger charge is 2.41. The molecule has 2 saturated heterocycles. The number of rotatable bonds is 3. The highest BCUT2D eigenvalue weighted by atomic mass is 16.5. The molecule has 4 nitrogen and oxygen atoms in total. The summed E-state index contributed by atoms with van der Waals surface area (Å²) >= 11 is 0. The van der Waals surface area contributed by atoms with Gasteiger partial charge in [0.1, 0.15) is 0 Å². The molecule has 0 bridgehead atoms. The van der Waals surface area contributed by atoms with E-state index in [2.05, 4.69) is 9.80 Å². The molecule has 0 radical (unpaired) electrons. The SMILES string of the molecule is CC(C)(O)CN1CCN(C2CCOC3(CCCC3)C2)CC1. The Balaban J connectivity index is 1.50. The largest absolute Gasteiger partial charge is 0.389 e. The van der Waals surface area contributed by atoms with Crippen LogP contribution in [0.4, 0.5) is 0 Å². The second-order valence-electron chi connectivity index (χ2n) is 8.01. The van der Waals surface area contributed by atoms with Crippen LogP contribution in [0.5, 0.6) is 0 Å². The summed E-state index contributed by atoms with van der Waals surface area (Å²) in [7, 11) is 0. The van der Waals surface area contributed by atoms with Crippen LogP contribution in [-0.4, -0.2) is 71.5 Å². The van der Waals surface area contributed by atoms with Crippen LogP contribution in [0.1, 0.15) is 52.4 Å². The quantitative estimate of drug-likeness (QED) is 0.862. The van der Waals surface area contributed by atoms with Gasteiger partial charge in [-0.1, -0.05) is 12.8 Å². The zero-order chi connectivity index (χ0) is 14.9. The molecule has 3 fully saturated rings. The first-order valence-corrected chi connectivity index (χ1v) is 8.79. The zero-order valence-electron chi connectivity index (χ0n) is 13.8. The molecule has 2 heterocycles. The predicted octanol–water partition coefficient (Wildman–Crippen LogP) is 1.87. The fourth-order valence-electron chi connectivity index (χ4n) is 4.52. The van der Waals surface area contributed by atoms with Crippen molar-refractivity contribution in [2.75, 3.05) is 39.3 Å². The standard InChI is InChI=1S/C17H32N2O2/c1-16(2,20)14-18-8-10-19(11-9-18)15-5-12-21-17(13-15)6-3-4-7-17/h15,20H,3-14H2,1-2H3. The third-order valence-electron chi connectivity index (χ3n) is 5.52. The van der Waals surface area contributed by atoms with Gasteiger partial charge in [-0.25, -0.2) is 0 Å². The molecule has 3 aliphatic rings. The Morgan fingerprint density at radius 3 is 2.43 bits per heavy atom. The number of aliphatic hydroxyl groups is 1. The van der Waals surface area contributed by atoms with Gasteiger partial charge in [-0.05, 0) is 39.5 Å². The first-order valence-electron chi connectivity index (χ1n) is 8.79. The molecular weight excluding hydrogens is 264 g/mol. The van der Waals surface area contributed by atoms with E-state index in [0.29, 0.717) is 0 Å². The maximum Gasteiger partial charge on any atom is 0.0718 e. The Hall–Kier alpha value is -0.160. The van der Waals surface area contributed by atoms with Crippen molar-refractivity contribution in [1.29, 1.82) is 0 Å². The number of hydrogen-bond acceptors (Lipinski definition) is 4. The predicted molar refractivity (Wildman–Crippen MR) is 84.5 cm³/mol. The van der Waals surface area contributed by atoms with Crippen LogP contribution in [0.3, 0.4) is 0 Å². The van der Waals surface area contributed by atoms with Crippen molar-refractivity contribution in [1.82, 2.24) is 9.80 Å². The van der Waals surface area contributed by atoms with E-state index >= 15 is 0 Å². The van der Waals surface area contributed by atoms with Crippen molar-refractivity contribution < 1.29 is 9.84 Å². The number of hydrogen-bond donors (Lipinski definition) is 1. The molecule has 1 unspecified atom stereocenters. The first-order chi connectivity index (χ1) is 9.96. The minimum absolute atomic E-state index is 0.229. The lowest BCUT2D eigenvalue weighted by Gasteiger charge is -2.46. The maximum atomic E-state index is 9.95. The van der Waals surface area contributed by atoms with E-state index in [-0.39, 0.29) is 5.60 Å². The lowest BCUT2D eigenvalue weighted by molar-refractivity contribution is -0.107. The van der Waals surface area contributed by atoms with E-state index in [0.717, 1.165) is 45.4 Å². The summed E-state index contributed by atoms with van der Waals surface area (Å²) in [6.45, 7) is 10.0. The molecule has 1 N–H and O–H groups in total. The van der Waals surface area contributed by atoms with E-state index in [1.54, 1.807) is 0 Å². The average molecular weight is 296 g/mol. The van der Waals surface area contributed by atoms with Crippen LogP contribution in [0.25, 0.3) is 0 Å². The number of nitrogens with zero attached hydrogens (tertiary/aromatic N) is 2. The smallest absolute Gasteiger partial charge is 0.0718 e. The van der Waals surface area contributed by atoms with Gasteiger partial charge in [0.05, 0.1) is 11.2 Å². The van der Waals surface area contributed by atoms with E-state index in [9.17, 15) is 5.11 Å². The Morgan fingerprint density at radius 2 is 1.81 bits per heavy atom. The van der Waals surface area contributed by atoms with Gasteiger partial charge >= 0.3 is 0 Å². The number of piperazine rings is 1. The molecule has 1 spiro atoms. The van der Waals surface area contributed by atoms with Crippen LogP contribution in [0.2, 0.25) is 0 Å². The molecule has 21 heavy (non-hydrogen) atoms. The van der Waals surface area contributed by atoms with Crippen molar-refractivity contribution in [2.45, 2.75) is 69.6 Å². The van der Waals surface area contributed by atoms with Crippen LogP contribution < -0.4 is 0 Å². The van der Waals surface area contributed by atoms with Gasteiger partial charge in [-0.3, -0.25) is 9.80 Å². The van der Waals surface area contributed by atoms with Gasteiger partial charge in [-0.15, -0.1) is 0 Å². The topological polar surface area (TPSA) is 35.9 Å². The maximum absolute atomic E-state index is 9.95. The van der Waals surface area contributed by atoms with Gasteiger partial charge in [0.25, 0.3) is 0 Å². The van der Waals surface area contributed by atoms with Gasteiger partial charge in [-0.2, -0.15) is 0 Å². The van der Waals surface area contributed by atoms with Gasteiger partial charge in [0, 0.05) is 45.4 Å². The van der Waals surface area contributed by atoms with Crippen molar-refractivity contribution >= 4 is 0 Å². The molecule has 0 amide bonds. The van der Waals surface area contributed by atoms with Gasteiger partial charge in [0.2, 0.25) is 0 Å². The fourth-order valence-corrected chi connectivity index (χ4v) is 4.52. The van der Waals surface area contributed by atoms with Crippen LogP contribution in [0.15, 0.2) is 0 Å². The summed E-state index contributed by atoms with van der Waals surface area (Å²) in [6, 6.07) is 0.723. The lowest BCUT2D eigenvalue weighted by Crippen LogP contribution is -2.56. The normalized spacial score (nSPS) is 31.9. The minimum Gasteiger partial charge on any atom is -0.389 e. The molecule has 1 atom stereocenters. The highest BCUT2D eigenvalue weighted by Crippen LogP contribution is 2.41. The third kappa shape index (κ3) is 3.98. The summed E-state index contributed by atoms with van der Waals surface area (Å²) in [5.74, 6) is 0. The third-order valence-corrected chi connectivity index (χ3v) is 5.52. The van der Waals surface area contributed by atoms with Crippen molar-refractivity contribution in [3.05, 3.63) is 0 Å². The Bertz CT molecular complexity index is 339.